The summed E-state index contributed by atoms with van der Waals surface area (Å²) in [6, 6.07) is 0. The average Bonchev–Trinajstić information content (AvgIpc) is 2.42. The minimum atomic E-state index is -0.373. The molecule has 0 fully saturated rings. The second kappa shape index (κ2) is 7.30. The summed E-state index contributed by atoms with van der Waals surface area (Å²) >= 11 is 0. The quantitative estimate of drug-likeness (QED) is 0.456. The molecule has 6 N–H and O–H groups in total. The molecule has 8 nitrogen and oxygen atoms in total. The van der Waals surface area contributed by atoms with E-state index in [1.807, 2.05) is 0 Å². The largest absolute Gasteiger partial charge is 0.349 e. The lowest BCUT2D eigenvalue weighted by Crippen LogP contribution is -2.31. The molecule has 8 heteroatoms. The molecule has 1 rings (SSSR count). The van der Waals surface area contributed by atoms with Gasteiger partial charge in [0.05, 0.1) is 12.4 Å². The average molecular weight is 252 g/mol. The van der Waals surface area contributed by atoms with Crippen molar-refractivity contribution < 1.29 is 9.59 Å². The van der Waals surface area contributed by atoms with Crippen molar-refractivity contribution in [1.29, 1.82) is 0 Å². The first kappa shape index (κ1) is 14.0. The zero-order valence-corrected chi connectivity index (χ0v) is 9.85. The SMILES string of the molecule is NCCNC(=O)c1cnc(C(=O)NCCN)cn1. The highest BCUT2D eigenvalue weighted by Gasteiger charge is 2.10. The van der Waals surface area contributed by atoms with Crippen LogP contribution in [0.25, 0.3) is 0 Å². The minimum absolute atomic E-state index is 0.138. The Kier molecular flexibility index (Phi) is 5.68. The van der Waals surface area contributed by atoms with E-state index in [1.165, 1.54) is 12.4 Å². The summed E-state index contributed by atoms with van der Waals surface area (Å²) < 4.78 is 0. The maximum atomic E-state index is 11.5. The summed E-state index contributed by atoms with van der Waals surface area (Å²) in [4.78, 5) is 30.6. The lowest BCUT2D eigenvalue weighted by molar-refractivity contribution is 0.0934. The van der Waals surface area contributed by atoms with Crippen LogP contribution in [0.5, 0.6) is 0 Å². The van der Waals surface area contributed by atoms with Crippen LogP contribution in [0.15, 0.2) is 12.4 Å². The highest BCUT2D eigenvalue weighted by atomic mass is 16.2. The van der Waals surface area contributed by atoms with Crippen LogP contribution in [0.2, 0.25) is 0 Å². The molecule has 0 radical (unpaired) electrons. The molecule has 0 saturated heterocycles. The molecule has 98 valence electrons. The fraction of sp³-hybridized carbons (Fsp3) is 0.400. The van der Waals surface area contributed by atoms with Gasteiger partial charge in [-0.3, -0.25) is 9.59 Å². The molecule has 1 aromatic heterocycles. The predicted octanol–water partition coefficient (Wildman–Crippen LogP) is -2.15. The second-order valence-electron chi connectivity index (χ2n) is 3.38. The maximum absolute atomic E-state index is 11.5. The Morgan fingerprint density at radius 2 is 1.33 bits per heavy atom. The number of rotatable bonds is 6. The normalized spacial score (nSPS) is 9.89. The monoisotopic (exact) mass is 252 g/mol. The highest BCUT2D eigenvalue weighted by molar-refractivity contribution is 5.94. The molecule has 0 aliphatic carbocycles. The van der Waals surface area contributed by atoms with Crippen LogP contribution in [0.4, 0.5) is 0 Å². The number of amides is 2. The summed E-state index contributed by atoms with van der Waals surface area (Å²) in [5.74, 6) is -0.747. The van der Waals surface area contributed by atoms with E-state index in [1.54, 1.807) is 0 Å². The van der Waals surface area contributed by atoms with Gasteiger partial charge in [-0.25, -0.2) is 9.97 Å². The van der Waals surface area contributed by atoms with Crippen molar-refractivity contribution in [3.8, 4) is 0 Å². The van der Waals surface area contributed by atoms with Crippen molar-refractivity contribution in [3.05, 3.63) is 23.8 Å². The number of nitrogens with zero attached hydrogens (tertiary/aromatic N) is 2. The van der Waals surface area contributed by atoms with Crippen LogP contribution in [-0.2, 0) is 0 Å². The molecule has 18 heavy (non-hydrogen) atoms. The van der Waals surface area contributed by atoms with Crippen LogP contribution < -0.4 is 22.1 Å². The van der Waals surface area contributed by atoms with Gasteiger partial charge < -0.3 is 22.1 Å². The van der Waals surface area contributed by atoms with Crippen molar-refractivity contribution in [2.24, 2.45) is 11.5 Å². The van der Waals surface area contributed by atoms with E-state index in [9.17, 15) is 9.59 Å². The van der Waals surface area contributed by atoms with Gasteiger partial charge in [-0.05, 0) is 0 Å². The van der Waals surface area contributed by atoms with Gasteiger partial charge in [0.1, 0.15) is 11.4 Å². The van der Waals surface area contributed by atoms with Gasteiger partial charge in [-0.2, -0.15) is 0 Å². The van der Waals surface area contributed by atoms with E-state index in [4.69, 9.17) is 11.5 Å². The van der Waals surface area contributed by atoms with Crippen molar-refractivity contribution in [2.75, 3.05) is 26.2 Å². The third kappa shape index (κ3) is 4.07. The number of nitrogens with two attached hydrogens (primary N) is 2. The minimum Gasteiger partial charge on any atom is -0.349 e. The van der Waals surface area contributed by atoms with Gasteiger partial charge >= 0.3 is 0 Å². The Hall–Kier alpha value is -2.06. The van der Waals surface area contributed by atoms with Gasteiger partial charge in [0, 0.05) is 26.2 Å². The summed E-state index contributed by atoms with van der Waals surface area (Å²) in [6.45, 7) is 1.41. The van der Waals surface area contributed by atoms with Gasteiger partial charge in [-0.1, -0.05) is 0 Å². The molecule has 0 aromatic carbocycles. The van der Waals surface area contributed by atoms with Gasteiger partial charge in [-0.15, -0.1) is 0 Å². The Morgan fingerprint density at radius 1 is 0.944 bits per heavy atom. The number of aromatic nitrogens is 2. The molecule has 0 bridgehead atoms. The number of nitrogens with one attached hydrogen (secondary N) is 2. The fourth-order valence-electron chi connectivity index (χ4n) is 1.12. The molecular formula is C10H16N6O2. The molecule has 1 aromatic rings. The van der Waals surface area contributed by atoms with Gasteiger partial charge in [0.15, 0.2) is 0 Å². The molecule has 1 heterocycles. The summed E-state index contributed by atoms with van der Waals surface area (Å²) in [7, 11) is 0. The molecule has 0 atom stereocenters. The van der Waals surface area contributed by atoms with Crippen molar-refractivity contribution >= 4 is 11.8 Å². The molecule has 0 aliphatic heterocycles. The van der Waals surface area contributed by atoms with E-state index in [-0.39, 0.29) is 23.2 Å². The van der Waals surface area contributed by atoms with Crippen LogP contribution in [0.1, 0.15) is 21.0 Å². The van der Waals surface area contributed by atoms with Crippen molar-refractivity contribution in [1.82, 2.24) is 20.6 Å². The zero-order chi connectivity index (χ0) is 13.4. The lowest BCUT2D eigenvalue weighted by atomic mass is 10.3. The van der Waals surface area contributed by atoms with Gasteiger partial charge in [0.25, 0.3) is 11.8 Å². The van der Waals surface area contributed by atoms with Crippen LogP contribution in [0, 0.1) is 0 Å². The Balaban J connectivity index is 2.62. The summed E-state index contributed by atoms with van der Waals surface area (Å²) in [5.41, 5.74) is 10.8. The number of carbonyl (C=O) groups is 2. The third-order valence-electron chi connectivity index (χ3n) is 1.98. The van der Waals surface area contributed by atoms with Crippen molar-refractivity contribution in [3.63, 3.8) is 0 Å². The number of hydrogen-bond acceptors (Lipinski definition) is 6. The standard InChI is InChI=1S/C10H16N6O2/c11-1-3-13-9(17)7-5-16-8(6-15-7)10(18)14-4-2-12/h5-6H,1-4,11-12H2,(H,13,17)(H,14,18). The first-order valence-electron chi connectivity index (χ1n) is 5.47. The Morgan fingerprint density at radius 3 is 1.61 bits per heavy atom. The van der Waals surface area contributed by atoms with Crippen LogP contribution in [-0.4, -0.2) is 48.0 Å². The molecule has 0 aliphatic rings. The fourth-order valence-corrected chi connectivity index (χ4v) is 1.12. The summed E-state index contributed by atoms with van der Waals surface area (Å²) in [5, 5.41) is 5.10. The lowest BCUT2D eigenvalue weighted by Gasteiger charge is -2.04. The smallest absolute Gasteiger partial charge is 0.271 e. The first-order valence-corrected chi connectivity index (χ1v) is 5.47. The molecule has 2 amide bonds. The predicted molar refractivity (Wildman–Crippen MR) is 64.8 cm³/mol. The number of hydrogen-bond donors (Lipinski definition) is 4. The number of carbonyl (C=O) groups excluding carboxylic acids is 2. The molecular weight excluding hydrogens is 236 g/mol. The topological polar surface area (TPSA) is 136 Å². The second-order valence-corrected chi connectivity index (χ2v) is 3.38. The molecule has 0 unspecified atom stereocenters. The summed E-state index contributed by atoms with van der Waals surface area (Å²) in [6.07, 6.45) is 2.48. The molecule has 0 spiro atoms. The van der Waals surface area contributed by atoms with E-state index in [0.717, 1.165) is 0 Å². The highest BCUT2D eigenvalue weighted by Crippen LogP contribution is 1.95. The van der Waals surface area contributed by atoms with E-state index in [0.29, 0.717) is 26.2 Å². The third-order valence-corrected chi connectivity index (χ3v) is 1.98. The zero-order valence-electron chi connectivity index (χ0n) is 9.85. The Bertz CT molecular complexity index is 366. The van der Waals surface area contributed by atoms with Crippen molar-refractivity contribution in [2.45, 2.75) is 0 Å². The Labute approximate surface area is 104 Å². The van der Waals surface area contributed by atoms with E-state index < -0.39 is 0 Å². The van der Waals surface area contributed by atoms with Crippen LogP contribution >= 0.6 is 0 Å². The van der Waals surface area contributed by atoms with E-state index >= 15 is 0 Å². The maximum Gasteiger partial charge on any atom is 0.271 e. The van der Waals surface area contributed by atoms with E-state index in [2.05, 4.69) is 20.6 Å². The van der Waals surface area contributed by atoms with Crippen LogP contribution in [0.3, 0.4) is 0 Å². The molecule has 0 saturated carbocycles. The van der Waals surface area contributed by atoms with Gasteiger partial charge in [0.2, 0.25) is 0 Å². The first-order chi connectivity index (χ1) is 8.69.